The average Bonchev–Trinajstić information content (AvgIpc) is 3.32. The summed E-state index contributed by atoms with van der Waals surface area (Å²) in [6.07, 6.45) is 0. The first-order chi connectivity index (χ1) is 15.7. The van der Waals surface area contributed by atoms with Crippen LogP contribution in [0.25, 0.3) is 10.9 Å². The van der Waals surface area contributed by atoms with Crippen LogP contribution in [0.2, 0.25) is 5.02 Å². The molecule has 0 aliphatic heterocycles. The Morgan fingerprint density at radius 1 is 1.15 bits per heavy atom. The number of fused-ring (bicyclic) bond motifs is 1. The van der Waals surface area contributed by atoms with Crippen molar-refractivity contribution in [1.82, 2.24) is 9.97 Å². The molecule has 0 atom stereocenters. The van der Waals surface area contributed by atoms with E-state index in [1.165, 1.54) is 23.2 Å². The van der Waals surface area contributed by atoms with Crippen LogP contribution in [0.4, 0.5) is 10.8 Å². The number of hydrogen-bond donors (Lipinski definition) is 1. The van der Waals surface area contributed by atoms with Crippen LogP contribution in [-0.4, -0.2) is 21.8 Å². The summed E-state index contributed by atoms with van der Waals surface area (Å²) in [7, 11) is 0. The van der Waals surface area contributed by atoms with Gasteiger partial charge in [0.25, 0.3) is 0 Å². The standard InChI is InChI=1S/C25H24ClN3O3S/c1-13-8-14(2)23(21(26)9-13)29(17(5)30)25-28-19(12-33-25)11-32-24(31)18-6-7-22-20(10-18)15(3)16(4)27-22/h6-10,12,27H,11H2,1-5H3. The Morgan fingerprint density at radius 3 is 2.61 bits per heavy atom. The number of amides is 1. The Balaban J connectivity index is 1.53. The maximum absolute atomic E-state index is 12.6. The van der Waals surface area contributed by atoms with Gasteiger partial charge in [0.2, 0.25) is 5.91 Å². The fraction of sp³-hybridized carbons (Fsp3) is 0.240. The van der Waals surface area contributed by atoms with Crippen molar-refractivity contribution in [3.63, 3.8) is 0 Å². The van der Waals surface area contributed by atoms with Gasteiger partial charge in [-0.25, -0.2) is 9.78 Å². The van der Waals surface area contributed by atoms with Gasteiger partial charge >= 0.3 is 5.97 Å². The number of H-pyrrole nitrogens is 1. The number of ether oxygens (including phenoxy) is 1. The molecular weight excluding hydrogens is 458 g/mol. The second-order valence-corrected chi connectivity index (χ2v) is 9.34. The van der Waals surface area contributed by atoms with Gasteiger partial charge in [-0.2, -0.15) is 0 Å². The van der Waals surface area contributed by atoms with Gasteiger partial charge in [0.15, 0.2) is 5.13 Å². The summed E-state index contributed by atoms with van der Waals surface area (Å²) in [5.74, 6) is -0.627. The second kappa shape index (κ2) is 9.00. The second-order valence-electron chi connectivity index (χ2n) is 8.10. The highest BCUT2D eigenvalue weighted by Gasteiger charge is 2.23. The molecule has 4 rings (SSSR count). The number of carbonyl (C=O) groups excluding carboxylic acids is 2. The minimum absolute atomic E-state index is 0.00484. The summed E-state index contributed by atoms with van der Waals surface area (Å²) in [6, 6.07) is 9.25. The molecule has 1 N–H and O–H groups in total. The lowest BCUT2D eigenvalue weighted by atomic mass is 10.1. The molecule has 0 saturated heterocycles. The predicted octanol–water partition coefficient (Wildman–Crippen LogP) is 6.55. The number of anilines is 2. The number of hydrogen-bond acceptors (Lipinski definition) is 5. The molecular formula is C25H24ClN3O3S. The van der Waals surface area contributed by atoms with Crippen LogP contribution in [0.5, 0.6) is 0 Å². The maximum atomic E-state index is 12.6. The summed E-state index contributed by atoms with van der Waals surface area (Å²) in [5, 5.41) is 3.73. The van der Waals surface area contributed by atoms with Crippen LogP contribution in [0, 0.1) is 27.7 Å². The van der Waals surface area contributed by atoms with Gasteiger partial charge in [-0.1, -0.05) is 17.7 Å². The van der Waals surface area contributed by atoms with Crippen molar-refractivity contribution in [1.29, 1.82) is 0 Å². The lowest BCUT2D eigenvalue weighted by molar-refractivity contribution is -0.115. The smallest absolute Gasteiger partial charge is 0.338 e. The van der Waals surface area contributed by atoms with Crippen molar-refractivity contribution in [2.24, 2.45) is 0 Å². The number of rotatable bonds is 5. The molecule has 0 radical (unpaired) electrons. The van der Waals surface area contributed by atoms with E-state index in [9.17, 15) is 9.59 Å². The van der Waals surface area contributed by atoms with Crippen molar-refractivity contribution < 1.29 is 14.3 Å². The zero-order chi connectivity index (χ0) is 23.9. The molecule has 0 spiro atoms. The summed E-state index contributed by atoms with van der Waals surface area (Å²) >= 11 is 7.76. The van der Waals surface area contributed by atoms with Crippen molar-refractivity contribution in [3.05, 3.63) is 74.4 Å². The number of nitrogens with one attached hydrogen (secondary N) is 1. The molecule has 0 fully saturated rings. The number of aryl methyl sites for hydroxylation is 4. The zero-order valence-electron chi connectivity index (χ0n) is 19.1. The third-order valence-corrected chi connectivity index (χ3v) is 6.73. The number of esters is 1. The summed E-state index contributed by atoms with van der Waals surface area (Å²) in [5.41, 5.74) is 6.71. The Kier molecular flexibility index (Phi) is 6.28. The third kappa shape index (κ3) is 4.51. The van der Waals surface area contributed by atoms with Crippen LogP contribution in [0.1, 0.15) is 45.4 Å². The molecule has 2 aromatic carbocycles. The number of aromatic amines is 1. The van der Waals surface area contributed by atoms with Crippen LogP contribution in [0.3, 0.4) is 0 Å². The molecule has 4 aromatic rings. The van der Waals surface area contributed by atoms with Crippen LogP contribution >= 0.6 is 22.9 Å². The molecule has 0 aliphatic carbocycles. The van der Waals surface area contributed by atoms with Gasteiger partial charge in [-0.05, 0) is 68.7 Å². The van der Waals surface area contributed by atoms with Crippen molar-refractivity contribution in [2.75, 3.05) is 4.90 Å². The van der Waals surface area contributed by atoms with E-state index in [0.717, 1.165) is 33.3 Å². The van der Waals surface area contributed by atoms with E-state index in [2.05, 4.69) is 9.97 Å². The van der Waals surface area contributed by atoms with Crippen LogP contribution in [0.15, 0.2) is 35.7 Å². The van der Waals surface area contributed by atoms with E-state index >= 15 is 0 Å². The summed E-state index contributed by atoms with van der Waals surface area (Å²) < 4.78 is 5.50. The normalized spacial score (nSPS) is 11.1. The molecule has 33 heavy (non-hydrogen) atoms. The van der Waals surface area contributed by atoms with Gasteiger partial charge in [0.05, 0.1) is 22.0 Å². The van der Waals surface area contributed by atoms with E-state index in [-0.39, 0.29) is 12.5 Å². The molecule has 0 saturated carbocycles. The third-order valence-electron chi connectivity index (χ3n) is 5.56. The van der Waals surface area contributed by atoms with E-state index in [1.54, 1.807) is 11.4 Å². The number of thiazole rings is 1. The molecule has 8 heteroatoms. The number of benzene rings is 2. The molecule has 170 valence electrons. The maximum Gasteiger partial charge on any atom is 0.338 e. The van der Waals surface area contributed by atoms with E-state index in [1.807, 2.05) is 52.0 Å². The average molecular weight is 482 g/mol. The fourth-order valence-electron chi connectivity index (χ4n) is 3.86. The molecule has 1 amide bonds. The molecule has 2 aromatic heterocycles. The largest absolute Gasteiger partial charge is 0.456 e. The number of aromatic nitrogens is 2. The molecule has 0 aliphatic rings. The summed E-state index contributed by atoms with van der Waals surface area (Å²) in [6.45, 7) is 9.35. The van der Waals surface area contributed by atoms with Crippen molar-refractivity contribution >= 4 is 56.5 Å². The lowest BCUT2D eigenvalue weighted by Crippen LogP contribution is -2.24. The van der Waals surface area contributed by atoms with Gasteiger partial charge in [0, 0.05) is 28.9 Å². The molecule has 2 heterocycles. The Morgan fingerprint density at radius 2 is 1.91 bits per heavy atom. The monoisotopic (exact) mass is 481 g/mol. The minimum Gasteiger partial charge on any atom is -0.456 e. The van der Waals surface area contributed by atoms with E-state index in [0.29, 0.717) is 27.1 Å². The topological polar surface area (TPSA) is 75.3 Å². The fourth-order valence-corrected chi connectivity index (χ4v) is 5.12. The first-order valence-electron chi connectivity index (χ1n) is 10.4. The lowest BCUT2D eigenvalue weighted by Gasteiger charge is -2.22. The number of carbonyl (C=O) groups is 2. The Hall–Kier alpha value is -3.16. The molecule has 0 bridgehead atoms. The van der Waals surface area contributed by atoms with Gasteiger partial charge in [0.1, 0.15) is 6.61 Å². The minimum atomic E-state index is -0.425. The summed E-state index contributed by atoms with van der Waals surface area (Å²) in [4.78, 5) is 34.4. The van der Waals surface area contributed by atoms with Crippen LogP contribution in [-0.2, 0) is 16.1 Å². The van der Waals surface area contributed by atoms with Crippen molar-refractivity contribution in [2.45, 2.75) is 41.2 Å². The van der Waals surface area contributed by atoms with E-state index < -0.39 is 5.97 Å². The molecule has 0 unspecified atom stereocenters. The first kappa shape index (κ1) is 23.0. The highest BCUT2D eigenvalue weighted by atomic mass is 35.5. The first-order valence-corrected chi connectivity index (χ1v) is 11.7. The highest BCUT2D eigenvalue weighted by molar-refractivity contribution is 7.14. The van der Waals surface area contributed by atoms with Crippen molar-refractivity contribution in [3.8, 4) is 0 Å². The predicted molar refractivity (Wildman–Crippen MR) is 133 cm³/mol. The zero-order valence-corrected chi connectivity index (χ0v) is 20.6. The van der Waals surface area contributed by atoms with Gasteiger partial charge in [-0.3, -0.25) is 9.69 Å². The number of nitrogens with zero attached hydrogens (tertiary/aromatic N) is 2. The number of halogens is 1. The Bertz CT molecular complexity index is 1370. The highest BCUT2D eigenvalue weighted by Crippen LogP contribution is 2.37. The van der Waals surface area contributed by atoms with Gasteiger partial charge in [-0.15, -0.1) is 11.3 Å². The van der Waals surface area contributed by atoms with Crippen LogP contribution < -0.4 is 4.90 Å². The Labute approximate surface area is 201 Å². The molecule has 6 nitrogen and oxygen atoms in total. The SMILES string of the molecule is CC(=O)N(c1nc(COC(=O)c2ccc3[nH]c(C)c(C)c3c2)cs1)c1c(C)cc(C)cc1Cl. The van der Waals surface area contributed by atoms with Gasteiger partial charge < -0.3 is 9.72 Å². The quantitative estimate of drug-likeness (QED) is 0.328. The van der Waals surface area contributed by atoms with E-state index in [4.69, 9.17) is 16.3 Å².